The molecule has 1 fully saturated rings. The molecule has 0 saturated carbocycles. The monoisotopic (exact) mass is 498 g/mol. The van der Waals surface area contributed by atoms with Gasteiger partial charge in [-0.3, -0.25) is 9.80 Å². The maximum Gasteiger partial charge on any atom is 0.125 e. The SMILES string of the molecule is CCOc1ccc(CN2CCCN(Cc3ccc(F)cc3Cl)C2c2cc(OC)ccc2OC)cc1. The molecule has 0 spiro atoms. The van der Waals surface area contributed by atoms with Crippen LogP contribution in [0.25, 0.3) is 0 Å². The van der Waals surface area contributed by atoms with Crippen LogP contribution in [0.5, 0.6) is 17.2 Å². The van der Waals surface area contributed by atoms with Crippen LogP contribution in [0.2, 0.25) is 5.02 Å². The molecule has 1 aliphatic heterocycles. The molecular weight excluding hydrogens is 467 g/mol. The van der Waals surface area contributed by atoms with Crippen LogP contribution in [-0.4, -0.2) is 43.7 Å². The third kappa shape index (κ3) is 6.07. The molecule has 0 bridgehead atoms. The van der Waals surface area contributed by atoms with Gasteiger partial charge in [0.05, 0.1) is 27.0 Å². The first-order valence-corrected chi connectivity index (χ1v) is 12.3. The summed E-state index contributed by atoms with van der Waals surface area (Å²) in [5.41, 5.74) is 3.11. The predicted molar refractivity (Wildman–Crippen MR) is 137 cm³/mol. The Balaban J connectivity index is 1.70. The van der Waals surface area contributed by atoms with Gasteiger partial charge >= 0.3 is 0 Å². The third-order valence-corrected chi connectivity index (χ3v) is 6.66. The average molecular weight is 499 g/mol. The molecule has 1 heterocycles. The second-order valence-electron chi connectivity index (χ2n) is 8.59. The van der Waals surface area contributed by atoms with Crippen LogP contribution >= 0.6 is 11.6 Å². The van der Waals surface area contributed by atoms with Crippen molar-refractivity contribution in [2.75, 3.05) is 33.9 Å². The Hall–Kier alpha value is -2.80. The number of benzene rings is 3. The molecule has 35 heavy (non-hydrogen) atoms. The first kappa shape index (κ1) is 25.3. The second kappa shape index (κ2) is 11.8. The van der Waals surface area contributed by atoms with Gasteiger partial charge in [-0.25, -0.2) is 4.39 Å². The number of ether oxygens (including phenoxy) is 3. The number of nitrogens with zero attached hydrogens (tertiary/aromatic N) is 2. The average Bonchev–Trinajstić information content (AvgIpc) is 2.87. The first-order valence-electron chi connectivity index (χ1n) is 11.9. The van der Waals surface area contributed by atoms with E-state index in [0.29, 0.717) is 18.2 Å². The largest absolute Gasteiger partial charge is 0.497 e. The zero-order valence-corrected chi connectivity index (χ0v) is 21.2. The Morgan fingerprint density at radius 1 is 0.886 bits per heavy atom. The molecule has 7 heteroatoms. The quantitative estimate of drug-likeness (QED) is 0.346. The maximum absolute atomic E-state index is 13.7. The van der Waals surface area contributed by atoms with Gasteiger partial charge in [-0.05, 0) is 66.9 Å². The summed E-state index contributed by atoms with van der Waals surface area (Å²) < 4.78 is 30.6. The van der Waals surface area contributed by atoms with Crippen LogP contribution in [0.3, 0.4) is 0 Å². The summed E-state index contributed by atoms with van der Waals surface area (Å²) in [4.78, 5) is 4.81. The van der Waals surface area contributed by atoms with Crippen molar-refractivity contribution in [1.82, 2.24) is 9.80 Å². The lowest BCUT2D eigenvalue weighted by molar-refractivity contribution is -0.0104. The van der Waals surface area contributed by atoms with E-state index in [-0.39, 0.29) is 12.0 Å². The molecule has 3 aromatic carbocycles. The van der Waals surface area contributed by atoms with Crippen LogP contribution in [0.1, 0.15) is 36.2 Å². The van der Waals surface area contributed by atoms with Gasteiger partial charge in [0, 0.05) is 36.8 Å². The Labute approximate surface area is 212 Å². The van der Waals surface area contributed by atoms with E-state index in [1.165, 1.54) is 17.7 Å². The highest BCUT2D eigenvalue weighted by molar-refractivity contribution is 6.31. The summed E-state index contributed by atoms with van der Waals surface area (Å²) in [6.45, 7) is 5.76. The standard InChI is InChI=1S/C28H32ClFN2O3/c1-4-35-23-10-6-20(7-11-23)18-31-14-5-15-32(19-21-8-9-22(30)16-26(21)29)28(31)25-17-24(33-2)12-13-27(25)34-3/h6-13,16-17,28H,4-5,14-15,18-19H2,1-3H3. The fourth-order valence-corrected chi connectivity index (χ4v) is 4.91. The maximum atomic E-state index is 13.7. The predicted octanol–water partition coefficient (Wildman–Crippen LogP) is 6.30. The number of methoxy groups -OCH3 is 2. The molecule has 0 radical (unpaired) electrons. The van der Waals surface area contributed by atoms with Crippen molar-refractivity contribution in [3.63, 3.8) is 0 Å². The lowest BCUT2D eigenvalue weighted by Crippen LogP contribution is -2.47. The zero-order chi connectivity index (χ0) is 24.8. The summed E-state index contributed by atoms with van der Waals surface area (Å²) in [7, 11) is 3.35. The molecule has 0 amide bonds. The summed E-state index contributed by atoms with van der Waals surface area (Å²) in [5.74, 6) is 2.10. The fraction of sp³-hybridized carbons (Fsp3) is 0.357. The minimum absolute atomic E-state index is 0.0820. The van der Waals surface area contributed by atoms with Gasteiger partial charge in [0.1, 0.15) is 23.1 Å². The van der Waals surface area contributed by atoms with Gasteiger partial charge in [-0.1, -0.05) is 29.8 Å². The van der Waals surface area contributed by atoms with Gasteiger partial charge in [-0.15, -0.1) is 0 Å². The van der Waals surface area contributed by atoms with Crippen molar-refractivity contribution in [3.8, 4) is 17.2 Å². The number of hydrogen-bond acceptors (Lipinski definition) is 5. The molecule has 0 aromatic heterocycles. The topological polar surface area (TPSA) is 34.2 Å². The van der Waals surface area contributed by atoms with E-state index in [1.54, 1.807) is 20.3 Å². The summed E-state index contributed by atoms with van der Waals surface area (Å²) in [6.07, 6.45) is 0.917. The van der Waals surface area contributed by atoms with Crippen LogP contribution in [0.4, 0.5) is 4.39 Å². The molecule has 0 aliphatic carbocycles. The zero-order valence-electron chi connectivity index (χ0n) is 20.5. The van der Waals surface area contributed by atoms with Gasteiger partial charge in [-0.2, -0.15) is 0 Å². The molecule has 4 rings (SSSR count). The van der Waals surface area contributed by atoms with Crippen molar-refractivity contribution in [2.24, 2.45) is 0 Å². The van der Waals surface area contributed by atoms with E-state index in [1.807, 2.05) is 37.3 Å². The molecule has 1 aliphatic rings. The lowest BCUT2D eigenvalue weighted by atomic mass is 10.0. The minimum atomic E-state index is -0.333. The van der Waals surface area contributed by atoms with Crippen molar-refractivity contribution in [2.45, 2.75) is 32.6 Å². The molecule has 1 atom stereocenters. The molecule has 5 nitrogen and oxygen atoms in total. The van der Waals surface area contributed by atoms with Gasteiger partial charge in [0.25, 0.3) is 0 Å². The first-order chi connectivity index (χ1) is 17.0. The van der Waals surface area contributed by atoms with Crippen LogP contribution < -0.4 is 14.2 Å². The van der Waals surface area contributed by atoms with Crippen LogP contribution in [0, 0.1) is 5.82 Å². The number of halogens is 2. The highest BCUT2D eigenvalue weighted by Crippen LogP contribution is 2.39. The fourth-order valence-electron chi connectivity index (χ4n) is 4.68. The summed E-state index contributed by atoms with van der Waals surface area (Å²) >= 11 is 6.42. The highest BCUT2D eigenvalue weighted by Gasteiger charge is 2.33. The smallest absolute Gasteiger partial charge is 0.125 e. The number of rotatable bonds is 9. The van der Waals surface area contributed by atoms with E-state index in [4.69, 9.17) is 25.8 Å². The van der Waals surface area contributed by atoms with E-state index in [0.717, 1.165) is 54.4 Å². The third-order valence-electron chi connectivity index (χ3n) is 6.31. The van der Waals surface area contributed by atoms with Gasteiger partial charge in [0.15, 0.2) is 0 Å². The van der Waals surface area contributed by atoms with Crippen LogP contribution in [-0.2, 0) is 13.1 Å². The van der Waals surface area contributed by atoms with E-state index >= 15 is 0 Å². The lowest BCUT2D eigenvalue weighted by Gasteiger charge is -2.45. The van der Waals surface area contributed by atoms with Gasteiger partial charge in [0.2, 0.25) is 0 Å². The molecule has 1 saturated heterocycles. The Morgan fingerprint density at radius 3 is 2.26 bits per heavy atom. The van der Waals surface area contributed by atoms with Crippen LogP contribution in [0.15, 0.2) is 60.7 Å². The molecule has 3 aromatic rings. The molecule has 0 N–H and O–H groups in total. The highest BCUT2D eigenvalue weighted by atomic mass is 35.5. The Bertz CT molecular complexity index is 1130. The Morgan fingerprint density at radius 2 is 1.60 bits per heavy atom. The van der Waals surface area contributed by atoms with Crippen molar-refractivity contribution < 1.29 is 18.6 Å². The molecule has 1 unspecified atom stereocenters. The van der Waals surface area contributed by atoms with Gasteiger partial charge < -0.3 is 14.2 Å². The van der Waals surface area contributed by atoms with E-state index in [9.17, 15) is 4.39 Å². The van der Waals surface area contributed by atoms with E-state index < -0.39 is 0 Å². The minimum Gasteiger partial charge on any atom is -0.497 e. The summed E-state index contributed by atoms with van der Waals surface area (Å²) in [5, 5.41) is 0.435. The van der Waals surface area contributed by atoms with E-state index in [2.05, 4.69) is 21.9 Å². The van der Waals surface area contributed by atoms with Crippen molar-refractivity contribution in [3.05, 3.63) is 88.2 Å². The Kier molecular flexibility index (Phi) is 8.50. The summed E-state index contributed by atoms with van der Waals surface area (Å²) in [6, 6.07) is 18.7. The van der Waals surface area contributed by atoms with Crippen molar-refractivity contribution in [1.29, 1.82) is 0 Å². The number of hydrogen-bond donors (Lipinski definition) is 0. The van der Waals surface area contributed by atoms with Crippen molar-refractivity contribution >= 4 is 11.6 Å². The molecule has 186 valence electrons. The second-order valence-corrected chi connectivity index (χ2v) is 9.00. The normalized spacial score (nSPS) is 16.8. The molecular formula is C28H32ClFN2O3.